The van der Waals surface area contributed by atoms with Gasteiger partial charge in [0.05, 0.1) is 11.7 Å². The van der Waals surface area contributed by atoms with Gasteiger partial charge in [0.1, 0.15) is 12.7 Å². The molecule has 0 radical (unpaired) electrons. The van der Waals surface area contributed by atoms with Crippen molar-refractivity contribution < 1.29 is 28.5 Å². The predicted octanol–water partition coefficient (Wildman–Crippen LogP) is 1.93. The first-order chi connectivity index (χ1) is 11.6. The lowest BCUT2D eigenvalue weighted by Gasteiger charge is -2.23. The van der Waals surface area contributed by atoms with Crippen molar-refractivity contribution in [1.29, 1.82) is 0 Å². The van der Waals surface area contributed by atoms with Gasteiger partial charge < -0.3 is 18.9 Å². The van der Waals surface area contributed by atoms with Crippen LogP contribution < -0.4 is 0 Å². The van der Waals surface area contributed by atoms with Crippen molar-refractivity contribution in [1.82, 2.24) is 0 Å². The number of benzene rings is 1. The van der Waals surface area contributed by atoms with Crippen molar-refractivity contribution in [2.45, 2.75) is 44.9 Å². The van der Waals surface area contributed by atoms with Gasteiger partial charge in [-0.2, -0.15) is 0 Å². The molecule has 0 aliphatic carbocycles. The van der Waals surface area contributed by atoms with Gasteiger partial charge in [-0.15, -0.1) is 6.42 Å². The first-order valence-electron chi connectivity index (χ1n) is 7.70. The molecule has 1 heterocycles. The van der Waals surface area contributed by atoms with Crippen molar-refractivity contribution in [2.75, 3.05) is 6.61 Å². The van der Waals surface area contributed by atoms with E-state index in [9.17, 15) is 9.59 Å². The molecule has 0 saturated carbocycles. The van der Waals surface area contributed by atoms with Crippen LogP contribution in [0.25, 0.3) is 0 Å². The summed E-state index contributed by atoms with van der Waals surface area (Å²) in [6.07, 6.45) is 2.91. The number of carbonyl (C=O) groups is 2. The second-order valence-corrected chi connectivity index (χ2v) is 5.28. The highest BCUT2D eigenvalue weighted by molar-refractivity contribution is 5.89. The fourth-order valence-electron chi connectivity index (χ4n) is 2.52. The summed E-state index contributed by atoms with van der Waals surface area (Å²) in [4.78, 5) is 23.6. The Balaban J connectivity index is 2.19. The van der Waals surface area contributed by atoms with Crippen LogP contribution in [0, 0.1) is 12.3 Å². The highest BCUT2D eigenvalue weighted by Crippen LogP contribution is 2.30. The average Bonchev–Trinajstić information content (AvgIpc) is 2.89. The number of hydrogen-bond acceptors (Lipinski definition) is 6. The maximum absolute atomic E-state index is 12.3. The SMILES string of the molecule is C#CCO[C@@H]1[C@@H](CC)OC(OC(C)=O)[C@@H]1OC(=O)c1ccccc1. The monoisotopic (exact) mass is 332 g/mol. The van der Waals surface area contributed by atoms with Crippen molar-refractivity contribution in [3.8, 4) is 12.3 Å². The highest BCUT2D eigenvalue weighted by atomic mass is 16.7. The van der Waals surface area contributed by atoms with Gasteiger partial charge >= 0.3 is 11.9 Å². The van der Waals surface area contributed by atoms with Gasteiger partial charge in [-0.1, -0.05) is 31.0 Å². The molecule has 128 valence electrons. The average molecular weight is 332 g/mol. The molecular formula is C18H20O6. The smallest absolute Gasteiger partial charge is 0.338 e. The lowest BCUT2D eigenvalue weighted by atomic mass is 10.1. The molecule has 6 heteroatoms. The molecule has 0 amide bonds. The fraction of sp³-hybridized carbons (Fsp3) is 0.444. The molecule has 1 aromatic rings. The molecule has 1 aliphatic rings. The van der Waals surface area contributed by atoms with Crippen LogP contribution in [-0.4, -0.2) is 43.1 Å². The van der Waals surface area contributed by atoms with E-state index in [2.05, 4.69) is 5.92 Å². The van der Waals surface area contributed by atoms with Gasteiger partial charge in [0.2, 0.25) is 6.29 Å². The quantitative estimate of drug-likeness (QED) is 0.585. The summed E-state index contributed by atoms with van der Waals surface area (Å²) in [5, 5.41) is 0. The topological polar surface area (TPSA) is 71.1 Å². The lowest BCUT2D eigenvalue weighted by molar-refractivity contribution is -0.186. The summed E-state index contributed by atoms with van der Waals surface area (Å²) < 4.78 is 21.9. The molecule has 4 atom stereocenters. The molecule has 1 aliphatic heterocycles. The third-order valence-corrected chi connectivity index (χ3v) is 3.56. The van der Waals surface area contributed by atoms with E-state index in [4.69, 9.17) is 25.4 Å². The number of carbonyl (C=O) groups excluding carboxylic acids is 2. The predicted molar refractivity (Wildman–Crippen MR) is 84.9 cm³/mol. The van der Waals surface area contributed by atoms with Crippen LogP contribution in [0.3, 0.4) is 0 Å². The van der Waals surface area contributed by atoms with Crippen molar-refractivity contribution in [2.24, 2.45) is 0 Å². The van der Waals surface area contributed by atoms with Crippen molar-refractivity contribution >= 4 is 11.9 Å². The van der Waals surface area contributed by atoms with Crippen molar-refractivity contribution in [3.05, 3.63) is 35.9 Å². The maximum atomic E-state index is 12.3. The van der Waals surface area contributed by atoms with Crippen LogP contribution in [0.1, 0.15) is 30.6 Å². The first-order valence-corrected chi connectivity index (χ1v) is 7.70. The van der Waals surface area contributed by atoms with Gasteiger partial charge in [0, 0.05) is 6.92 Å². The molecule has 0 bridgehead atoms. The zero-order valence-electron chi connectivity index (χ0n) is 13.6. The number of esters is 2. The Morgan fingerprint density at radius 2 is 1.92 bits per heavy atom. The third-order valence-electron chi connectivity index (χ3n) is 3.56. The van der Waals surface area contributed by atoms with Crippen LogP contribution in [0.2, 0.25) is 0 Å². The van der Waals surface area contributed by atoms with Gasteiger partial charge in [-0.3, -0.25) is 4.79 Å². The minimum atomic E-state index is -1.03. The van der Waals surface area contributed by atoms with Crippen LogP contribution in [0.15, 0.2) is 30.3 Å². The molecule has 0 N–H and O–H groups in total. The molecule has 1 unspecified atom stereocenters. The Labute approximate surface area is 141 Å². The largest absolute Gasteiger partial charge is 0.449 e. The van der Waals surface area contributed by atoms with Crippen LogP contribution in [-0.2, 0) is 23.7 Å². The molecule has 1 saturated heterocycles. The zero-order valence-corrected chi connectivity index (χ0v) is 13.6. The Morgan fingerprint density at radius 1 is 1.21 bits per heavy atom. The van der Waals surface area contributed by atoms with Gasteiger partial charge in [-0.05, 0) is 18.6 Å². The third kappa shape index (κ3) is 4.34. The number of rotatable bonds is 6. The van der Waals surface area contributed by atoms with E-state index in [1.54, 1.807) is 30.3 Å². The highest BCUT2D eigenvalue weighted by Gasteiger charge is 2.49. The van der Waals surface area contributed by atoms with Crippen LogP contribution in [0.4, 0.5) is 0 Å². The molecule has 1 aromatic carbocycles. The molecule has 2 rings (SSSR count). The molecule has 0 aromatic heterocycles. The summed E-state index contributed by atoms with van der Waals surface area (Å²) in [6, 6.07) is 8.52. The zero-order chi connectivity index (χ0) is 17.5. The van der Waals surface area contributed by atoms with E-state index in [0.717, 1.165) is 0 Å². The normalized spacial score (nSPS) is 25.7. The van der Waals surface area contributed by atoms with Gasteiger partial charge in [0.15, 0.2) is 6.10 Å². The molecule has 6 nitrogen and oxygen atoms in total. The Hall–Kier alpha value is -2.36. The fourth-order valence-corrected chi connectivity index (χ4v) is 2.52. The number of hydrogen-bond donors (Lipinski definition) is 0. The van der Waals surface area contributed by atoms with Gasteiger partial charge in [0.25, 0.3) is 0 Å². The van der Waals surface area contributed by atoms with Crippen molar-refractivity contribution in [3.63, 3.8) is 0 Å². The summed E-state index contributed by atoms with van der Waals surface area (Å²) >= 11 is 0. The van der Waals surface area contributed by atoms with Crippen LogP contribution >= 0.6 is 0 Å². The Morgan fingerprint density at radius 3 is 2.50 bits per heavy atom. The minimum absolute atomic E-state index is 0.0384. The maximum Gasteiger partial charge on any atom is 0.338 e. The molecule has 1 fully saturated rings. The van der Waals surface area contributed by atoms with E-state index in [0.29, 0.717) is 12.0 Å². The Bertz CT molecular complexity index is 606. The van der Waals surface area contributed by atoms with E-state index >= 15 is 0 Å². The summed E-state index contributed by atoms with van der Waals surface area (Å²) in [7, 11) is 0. The second kappa shape index (κ2) is 8.48. The Kier molecular flexibility index (Phi) is 6.36. The first kappa shape index (κ1) is 18.0. The minimum Gasteiger partial charge on any atom is -0.449 e. The summed E-state index contributed by atoms with van der Waals surface area (Å²) in [6.45, 7) is 3.19. The molecular weight excluding hydrogens is 312 g/mol. The number of ether oxygens (including phenoxy) is 4. The van der Waals surface area contributed by atoms with E-state index < -0.39 is 36.5 Å². The molecule has 24 heavy (non-hydrogen) atoms. The van der Waals surface area contributed by atoms with E-state index in [1.165, 1.54) is 6.92 Å². The lowest BCUT2D eigenvalue weighted by Crippen LogP contribution is -2.40. The standard InChI is InChI=1S/C18H20O6/c1-4-11-21-15-14(5-2)23-18(22-12(3)19)16(15)24-17(20)13-9-7-6-8-10-13/h1,6-10,14-16,18H,5,11H2,2-3H3/t14-,15-,16-,18?/m1/s1. The second-order valence-electron chi connectivity index (χ2n) is 5.28. The van der Waals surface area contributed by atoms with Crippen LogP contribution in [0.5, 0.6) is 0 Å². The number of terminal acetylenes is 1. The van der Waals surface area contributed by atoms with E-state index in [1.807, 2.05) is 6.92 Å². The molecule has 0 spiro atoms. The van der Waals surface area contributed by atoms with Gasteiger partial charge in [-0.25, -0.2) is 4.79 Å². The van der Waals surface area contributed by atoms with E-state index in [-0.39, 0.29) is 6.61 Å². The summed E-state index contributed by atoms with van der Waals surface area (Å²) in [5.74, 6) is 1.29. The summed E-state index contributed by atoms with van der Waals surface area (Å²) in [5.41, 5.74) is 0.384.